The summed E-state index contributed by atoms with van der Waals surface area (Å²) in [6.07, 6.45) is -0.240. The van der Waals surface area contributed by atoms with E-state index >= 15 is 0 Å². The molecule has 30 heavy (non-hydrogen) atoms. The number of para-hydroxylation sites is 2. The first-order valence-electron chi connectivity index (χ1n) is 10.5. The predicted molar refractivity (Wildman–Crippen MR) is 120 cm³/mol. The maximum absolute atomic E-state index is 12.4. The molecule has 1 aromatic heterocycles. The van der Waals surface area contributed by atoms with E-state index in [9.17, 15) is 4.79 Å². The molecule has 0 saturated carbocycles. The van der Waals surface area contributed by atoms with Crippen LogP contribution in [0.15, 0.2) is 48.5 Å². The lowest BCUT2D eigenvalue weighted by atomic mass is 10.1. The third-order valence-electron chi connectivity index (χ3n) is 5.31. The molecule has 2 aromatic carbocycles. The Balaban J connectivity index is 1.56. The van der Waals surface area contributed by atoms with Crippen LogP contribution in [0.4, 0.5) is 10.7 Å². The van der Waals surface area contributed by atoms with Crippen molar-refractivity contribution >= 4 is 23.1 Å². The highest BCUT2D eigenvalue weighted by atomic mass is 16.6. The first-order valence-corrected chi connectivity index (χ1v) is 10.5. The fraction of sp³-hybridized carbons (Fsp3) is 0.417. The van der Waals surface area contributed by atoms with E-state index < -0.39 is 5.60 Å². The molecule has 0 atom stereocenters. The van der Waals surface area contributed by atoms with Crippen LogP contribution < -0.4 is 4.90 Å². The van der Waals surface area contributed by atoms with Crippen LogP contribution in [-0.4, -0.2) is 52.3 Å². The van der Waals surface area contributed by atoms with Gasteiger partial charge in [-0.1, -0.05) is 42.0 Å². The molecule has 2 heterocycles. The highest BCUT2D eigenvalue weighted by Crippen LogP contribution is 2.25. The normalized spacial score (nSPS) is 14.9. The topological polar surface area (TPSA) is 50.6 Å². The molecule has 1 aliphatic rings. The molecule has 0 unspecified atom stereocenters. The molecule has 6 nitrogen and oxygen atoms in total. The molecule has 0 bridgehead atoms. The summed E-state index contributed by atoms with van der Waals surface area (Å²) < 4.78 is 7.81. The Labute approximate surface area is 178 Å². The van der Waals surface area contributed by atoms with Gasteiger partial charge in [-0.2, -0.15) is 0 Å². The van der Waals surface area contributed by atoms with Crippen LogP contribution in [0.1, 0.15) is 31.9 Å². The average molecular weight is 407 g/mol. The number of anilines is 1. The molecular weight excluding hydrogens is 376 g/mol. The van der Waals surface area contributed by atoms with Crippen LogP contribution in [0.5, 0.6) is 0 Å². The number of amides is 1. The van der Waals surface area contributed by atoms with E-state index in [0.717, 1.165) is 36.6 Å². The van der Waals surface area contributed by atoms with Gasteiger partial charge < -0.3 is 19.1 Å². The molecule has 158 valence electrons. The van der Waals surface area contributed by atoms with Crippen LogP contribution in [0.25, 0.3) is 11.0 Å². The molecule has 1 fully saturated rings. The summed E-state index contributed by atoms with van der Waals surface area (Å²) in [5.74, 6) is 0.959. The van der Waals surface area contributed by atoms with Crippen LogP contribution >= 0.6 is 0 Å². The second-order valence-electron chi connectivity index (χ2n) is 8.93. The Kier molecular flexibility index (Phi) is 5.41. The van der Waals surface area contributed by atoms with Crippen molar-refractivity contribution in [2.45, 2.75) is 39.8 Å². The molecule has 1 aliphatic heterocycles. The lowest BCUT2D eigenvalue weighted by molar-refractivity contribution is 0.0240. The van der Waals surface area contributed by atoms with Crippen LogP contribution in [0.3, 0.4) is 0 Å². The highest BCUT2D eigenvalue weighted by molar-refractivity contribution is 5.79. The standard InChI is InChI=1S/C24H30N4O2/c1-18-9-11-19(12-10-18)17-28-21-8-6-5-7-20(21)25-22(28)26-13-15-27(16-14-26)23(29)30-24(2,3)4/h5-12H,13-17H2,1-4H3. The summed E-state index contributed by atoms with van der Waals surface area (Å²) in [6.45, 7) is 11.3. The van der Waals surface area contributed by atoms with Crippen molar-refractivity contribution in [3.63, 3.8) is 0 Å². The van der Waals surface area contributed by atoms with Crippen molar-refractivity contribution < 1.29 is 9.53 Å². The van der Waals surface area contributed by atoms with Crippen LogP contribution in [-0.2, 0) is 11.3 Å². The number of imidazole rings is 1. The minimum atomic E-state index is -0.476. The number of fused-ring (bicyclic) bond motifs is 1. The number of carbonyl (C=O) groups is 1. The van der Waals surface area contributed by atoms with E-state index in [4.69, 9.17) is 9.72 Å². The van der Waals surface area contributed by atoms with Crippen molar-refractivity contribution in [1.29, 1.82) is 0 Å². The number of carbonyl (C=O) groups excluding carboxylic acids is 1. The maximum atomic E-state index is 12.4. The van der Waals surface area contributed by atoms with E-state index in [1.54, 1.807) is 4.90 Å². The van der Waals surface area contributed by atoms with Gasteiger partial charge in [0.2, 0.25) is 5.95 Å². The molecule has 3 aromatic rings. The van der Waals surface area contributed by atoms with Gasteiger partial charge in [0.05, 0.1) is 17.6 Å². The highest BCUT2D eigenvalue weighted by Gasteiger charge is 2.28. The summed E-state index contributed by atoms with van der Waals surface area (Å²) in [5, 5.41) is 0. The van der Waals surface area contributed by atoms with Gasteiger partial charge in [0.15, 0.2) is 0 Å². The molecule has 0 spiro atoms. The van der Waals surface area contributed by atoms with Gasteiger partial charge >= 0.3 is 6.09 Å². The predicted octanol–water partition coefficient (Wildman–Crippen LogP) is 4.45. The van der Waals surface area contributed by atoms with Gasteiger partial charge in [-0.3, -0.25) is 0 Å². The Hall–Kier alpha value is -3.02. The van der Waals surface area contributed by atoms with E-state index in [1.165, 1.54) is 11.1 Å². The third-order valence-corrected chi connectivity index (χ3v) is 5.31. The average Bonchev–Trinajstić information content (AvgIpc) is 3.07. The quantitative estimate of drug-likeness (QED) is 0.645. The zero-order valence-corrected chi connectivity index (χ0v) is 18.3. The Morgan fingerprint density at radius 3 is 2.33 bits per heavy atom. The van der Waals surface area contributed by atoms with Crippen LogP contribution in [0.2, 0.25) is 0 Å². The summed E-state index contributed by atoms with van der Waals surface area (Å²) in [5.41, 5.74) is 4.15. The SMILES string of the molecule is Cc1ccc(Cn2c(N3CCN(C(=O)OC(C)(C)C)CC3)nc3ccccc32)cc1. The van der Waals surface area contributed by atoms with Crippen molar-refractivity contribution in [3.05, 3.63) is 59.7 Å². The molecule has 0 N–H and O–H groups in total. The van der Waals surface area contributed by atoms with Crippen LogP contribution in [0, 0.1) is 6.92 Å². The zero-order valence-electron chi connectivity index (χ0n) is 18.3. The molecule has 6 heteroatoms. The molecule has 4 rings (SSSR count). The molecule has 0 aliphatic carbocycles. The number of benzene rings is 2. The van der Waals surface area contributed by atoms with Gasteiger partial charge in [0.1, 0.15) is 5.60 Å². The fourth-order valence-electron chi connectivity index (χ4n) is 3.75. The molecular formula is C24H30N4O2. The number of piperazine rings is 1. The summed E-state index contributed by atoms with van der Waals surface area (Å²) in [4.78, 5) is 21.4. The monoisotopic (exact) mass is 406 g/mol. The number of rotatable bonds is 3. The number of aryl methyl sites for hydroxylation is 1. The molecule has 1 amide bonds. The summed E-state index contributed by atoms with van der Waals surface area (Å²) in [7, 11) is 0. The molecule has 0 radical (unpaired) electrons. The third kappa shape index (κ3) is 4.42. The van der Waals surface area contributed by atoms with Gasteiger partial charge in [0, 0.05) is 26.2 Å². The minimum Gasteiger partial charge on any atom is -0.444 e. The van der Waals surface area contributed by atoms with Crippen molar-refractivity contribution in [2.24, 2.45) is 0 Å². The zero-order chi connectivity index (χ0) is 21.3. The smallest absolute Gasteiger partial charge is 0.410 e. The second kappa shape index (κ2) is 8.01. The number of nitrogens with zero attached hydrogens (tertiary/aromatic N) is 4. The maximum Gasteiger partial charge on any atom is 0.410 e. The number of hydrogen-bond donors (Lipinski definition) is 0. The summed E-state index contributed by atoms with van der Waals surface area (Å²) in [6, 6.07) is 16.9. The first kappa shape index (κ1) is 20.3. The van der Waals surface area contributed by atoms with Crippen molar-refractivity contribution in [2.75, 3.05) is 31.1 Å². The molecule has 1 saturated heterocycles. The Morgan fingerprint density at radius 1 is 1.00 bits per heavy atom. The van der Waals surface area contributed by atoms with E-state index in [2.05, 4.69) is 58.9 Å². The van der Waals surface area contributed by atoms with E-state index in [-0.39, 0.29) is 6.09 Å². The Morgan fingerprint density at radius 2 is 1.67 bits per heavy atom. The number of aromatic nitrogens is 2. The Bertz CT molecular complexity index is 1030. The first-order chi connectivity index (χ1) is 14.3. The number of hydrogen-bond acceptors (Lipinski definition) is 4. The summed E-state index contributed by atoms with van der Waals surface area (Å²) >= 11 is 0. The van der Waals surface area contributed by atoms with Gasteiger partial charge in [-0.05, 0) is 45.4 Å². The fourth-order valence-corrected chi connectivity index (χ4v) is 3.75. The van der Waals surface area contributed by atoms with Crippen molar-refractivity contribution in [1.82, 2.24) is 14.5 Å². The van der Waals surface area contributed by atoms with Gasteiger partial charge in [-0.15, -0.1) is 0 Å². The number of ether oxygens (including phenoxy) is 1. The van der Waals surface area contributed by atoms with Gasteiger partial charge in [-0.25, -0.2) is 9.78 Å². The van der Waals surface area contributed by atoms with Crippen molar-refractivity contribution in [3.8, 4) is 0 Å². The lowest BCUT2D eigenvalue weighted by Crippen LogP contribution is -2.50. The lowest BCUT2D eigenvalue weighted by Gasteiger charge is -2.36. The van der Waals surface area contributed by atoms with E-state index in [0.29, 0.717) is 13.1 Å². The van der Waals surface area contributed by atoms with Gasteiger partial charge in [0.25, 0.3) is 0 Å². The minimum absolute atomic E-state index is 0.240. The van der Waals surface area contributed by atoms with E-state index in [1.807, 2.05) is 26.8 Å². The largest absolute Gasteiger partial charge is 0.444 e. The second-order valence-corrected chi connectivity index (χ2v) is 8.93.